The van der Waals surface area contributed by atoms with Crippen LogP contribution >= 0.6 is 0 Å². The van der Waals surface area contributed by atoms with Gasteiger partial charge in [-0.1, -0.05) is 19.9 Å². The summed E-state index contributed by atoms with van der Waals surface area (Å²) in [5.74, 6) is 1.84. The lowest BCUT2D eigenvalue weighted by Crippen LogP contribution is -2.51. The van der Waals surface area contributed by atoms with Crippen LogP contribution in [-0.2, 0) is 9.53 Å². The summed E-state index contributed by atoms with van der Waals surface area (Å²) in [7, 11) is 0. The lowest BCUT2D eigenvalue weighted by Gasteiger charge is -2.36. The Morgan fingerprint density at radius 3 is 2.76 bits per heavy atom. The van der Waals surface area contributed by atoms with E-state index in [1.54, 1.807) is 12.2 Å². The first kappa shape index (κ1) is 17.8. The standard InChI is InChI=1S/C19H26N2O4/c1-14(2)16(21-7-9-23-10-8-21)12-20-19(22)6-4-15-3-5-17-18(11-15)25-13-24-17/h3-6,11,14,16H,7-10,12-13H2,1-2H3,(H,20,22)/b6-4-/t16-/m0/s1. The molecular weight excluding hydrogens is 320 g/mol. The minimum Gasteiger partial charge on any atom is -0.454 e. The van der Waals surface area contributed by atoms with E-state index in [1.807, 2.05) is 18.2 Å². The van der Waals surface area contributed by atoms with E-state index < -0.39 is 0 Å². The Hall–Kier alpha value is -2.05. The zero-order chi connectivity index (χ0) is 17.6. The molecule has 0 spiro atoms. The highest BCUT2D eigenvalue weighted by Crippen LogP contribution is 2.32. The first-order chi connectivity index (χ1) is 12.1. The predicted molar refractivity (Wildman–Crippen MR) is 95.6 cm³/mol. The van der Waals surface area contributed by atoms with E-state index in [0.29, 0.717) is 18.5 Å². The number of fused-ring (bicyclic) bond motifs is 1. The SMILES string of the molecule is CC(C)[C@H](CNC(=O)/C=C\c1ccc2c(c1)OCO2)N1CCOCC1. The highest BCUT2D eigenvalue weighted by atomic mass is 16.7. The van der Waals surface area contributed by atoms with Crippen LogP contribution in [0.5, 0.6) is 11.5 Å². The zero-order valence-electron chi connectivity index (χ0n) is 14.9. The van der Waals surface area contributed by atoms with Crippen molar-refractivity contribution in [3.63, 3.8) is 0 Å². The second-order valence-corrected chi connectivity index (χ2v) is 6.65. The summed E-state index contributed by atoms with van der Waals surface area (Å²) in [4.78, 5) is 14.6. The topological polar surface area (TPSA) is 60.0 Å². The van der Waals surface area contributed by atoms with Crippen molar-refractivity contribution in [1.29, 1.82) is 0 Å². The second-order valence-electron chi connectivity index (χ2n) is 6.65. The highest BCUT2D eigenvalue weighted by molar-refractivity contribution is 5.91. The van der Waals surface area contributed by atoms with Gasteiger partial charge < -0.3 is 19.5 Å². The number of carbonyl (C=O) groups excluding carboxylic acids is 1. The first-order valence-corrected chi connectivity index (χ1v) is 8.81. The molecule has 1 aromatic carbocycles. The highest BCUT2D eigenvalue weighted by Gasteiger charge is 2.23. The van der Waals surface area contributed by atoms with Gasteiger partial charge in [-0.15, -0.1) is 0 Å². The number of nitrogens with one attached hydrogen (secondary N) is 1. The largest absolute Gasteiger partial charge is 0.454 e. The summed E-state index contributed by atoms with van der Waals surface area (Å²) < 4.78 is 16.0. The van der Waals surface area contributed by atoms with Gasteiger partial charge in [0.05, 0.1) is 13.2 Å². The molecule has 2 heterocycles. The van der Waals surface area contributed by atoms with Gasteiger partial charge in [-0.3, -0.25) is 9.69 Å². The summed E-state index contributed by atoms with van der Waals surface area (Å²) in [6.45, 7) is 8.65. The van der Waals surface area contributed by atoms with Crippen LogP contribution in [0.2, 0.25) is 0 Å². The third kappa shape index (κ3) is 4.74. The van der Waals surface area contributed by atoms with Gasteiger partial charge in [0.1, 0.15) is 0 Å². The van der Waals surface area contributed by atoms with E-state index in [1.165, 1.54) is 0 Å². The van der Waals surface area contributed by atoms with Crippen molar-refractivity contribution in [2.75, 3.05) is 39.6 Å². The van der Waals surface area contributed by atoms with Crippen molar-refractivity contribution < 1.29 is 19.0 Å². The van der Waals surface area contributed by atoms with Crippen molar-refractivity contribution in [2.24, 2.45) is 5.92 Å². The molecule has 1 fully saturated rings. The monoisotopic (exact) mass is 346 g/mol. The van der Waals surface area contributed by atoms with Crippen LogP contribution < -0.4 is 14.8 Å². The number of hydrogen-bond donors (Lipinski definition) is 1. The summed E-state index contributed by atoms with van der Waals surface area (Å²) in [5, 5.41) is 3.02. The fourth-order valence-corrected chi connectivity index (χ4v) is 3.15. The van der Waals surface area contributed by atoms with E-state index in [-0.39, 0.29) is 12.7 Å². The Bertz CT molecular complexity index is 624. The quantitative estimate of drug-likeness (QED) is 0.797. The van der Waals surface area contributed by atoms with Gasteiger partial charge in [0.2, 0.25) is 12.7 Å². The lowest BCUT2D eigenvalue weighted by atomic mass is 10.0. The molecule has 1 N–H and O–H groups in total. The van der Waals surface area contributed by atoms with E-state index >= 15 is 0 Å². The molecule has 1 atom stereocenters. The summed E-state index contributed by atoms with van der Waals surface area (Å²) in [6.07, 6.45) is 3.35. The second kappa shape index (κ2) is 8.36. The maximum Gasteiger partial charge on any atom is 0.244 e. The van der Waals surface area contributed by atoms with Crippen molar-refractivity contribution >= 4 is 12.0 Å². The molecule has 2 aliphatic heterocycles. The van der Waals surface area contributed by atoms with Gasteiger partial charge in [-0.05, 0) is 29.7 Å². The van der Waals surface area contributed by atoms with Gasteiger partial charge in [-0.2, -0.15) is 0 Å². The normalized spacial score (nSPS) is 18.7. The van der Waals surface area contributed by atoms with Gasteiger partial charge in [0.25, 0.3) is 0 Å². The van der Waals surface area contributed by atoms with E-state index in [0.717, 1.165) is 43.4 Å². The van der Waals surface area contributed by atoms with Crippen LogP contribution in [0.25, 0.3) is 6.08 Å². The number of carbonyl (C=O) groups is 1. The number of rotatable bonds is 6. The number of nitrogens with zero attached hydrogens (tertiary/aromatic N) is 1. The number of amides is 1. The number of benzene rings is 1. The number of hydrogen-bond acceptors (Lipinski definition) is 5. The summed E-state index contributed by atoms with van der Waals surface area (Å²) in [6, 6.07) is 5.96. The fourth-order valence-electron chi connectivity index (χ4n) is 3.15. The third-order valence-electron chi connectivity index (χ3n) is 4.59. The molecule has 0 unspecified atom stereocenters. The third-order valence-corrected chi connectivity index (χ3v) is 4.59. The average Bonchev–Trinajstić information content (AvgIpc) is 3.08. The molecule has 2 aliphatic rings. The van der Waals surface area contributed by atoms with Gasteiger partial charge in [-0.25, -0.2) is 0 Å². The minimum atomic E-state index is -0.0865. The van der Waals surface area contributed by atoms with E-state index in [4.69, 9.17) is 14.2 Å². The van der Waals surface area contributed by atoms with Crippen molar-refractivity contribution in [3.8, 4) is 11.5 Å². The molecule has 6 nitrogen and oxygen atoms in total. The molecule has 0 aliphatic carbocycles. The van der Waals surface area contributed by atoms with Crippen LogP contribution in [0.15, 0.2) is 24.3 Å². The molecule has 0 aromatic heterocycles. The molecule has 1 amide bonds. The van der Waals surface area contributed by atoms with Crippen LogP contribution in [0.3, 0.4) is 0 Å². The molecule has 0 radical (unpaired) electrons. The molecule has 1 saturated heterocycles. The molecule has 1 aromatic rings. The van der Waals surface area contributed by atoms with Crippen LogP contribution in [0.4, 0.5) is 0 Å². The van der Waals surface area contributed by atoms with Gasteiger partial charge in [0.15, 0.2) is 11.5 Å². The molecule has 0 bridgehead atoms. The van der Waals surface area contributed by atoms with Crippen molar-refractivity contribution in [2.45, 2.75) is 19.9 Å². The van der Waals surface area contributed by atoms with Crippen LogP contribution in [0, 0.1) is 5.92 Å². The molecule has 3 rings (SSSR count). The maximum absolute atomic E-state index is 12.2. The van der Waals surface area contributed by atoms with Crippen LogP contribution in [0.1, 0.15) is 19.4 Å². The van der Waals surface area contributed by atoms with E-state index in [2.05, 4.69) is 24.1 Å². The fraction of sp³-hybridized carbons (Fsp3) is 0.526. The minimum absolute atomic E-state index is 0.0865. The Morgan fingerprint density at radius 1 is 1.24 bits per heavy atom. The summed E-state index contributed by atoms with van der Waals surface area (Å²) in [5.41, 5.74) is 0.910. The molecular formula is C19H26N2O4. The van der Waals surface area contributed by atoms with E-state index in [9.17, 15) is 4.79 Å². The van der Waals surface area contributed by atoms with Gasteiger partial charge >= 0.3 is 0 Å². The summed E-state index contributed by atoms with van der Waals surface area (Å²) >= 11 is 0. The Labute approximate surface area is 148 Å². The number of morpholine rings is 1. The predicted octanol–water partition coefficient (Wildman–Crippen LogP) is 1.90. The first-order valence-electron chi connectivity index (χ1n) is 8.81. The molecule has 6 heteroatoms. The van der Waals surface area contributed by atoms with Crippen LogP contribution in [-0.4, -0.2) is 56.5 Å². The molecule has 0 saturated carbocycles. The Balaban J connectivity index is 1.52. The maximum atomic E-state index is 12.2. The molecule has 25 heavy (non-hydrogen) atoms. The van der Waals surface area contributed by atoms with Gasteiger partial charge in [0, 0.05) is 31.8 Å². The molecule has 136 valence electrons. The Morgan fingerprint density at radius 2 is 2.00 bits per heavy atom. The number of ether oxygens (including phenoxy) is 3. The average molecular weight is 346 g/mol. The smallest absolute Gasteiger partial charge is 0.244 e. The Kier molecular flexibility index (Phi) is 5.94. The lowest BCUT2D eigenvalue weighted by molar-refractivity contribution is -0.116. The van der Waals surface area contributed by atoms with Crippen molar-refractivity contribution in [1.82, 2.24) is 10.2 Å². The van der Waals surface area contributed by atoms with Crippen molar-refractivity contribution in [3.05, 3.63) is 29.8 Å². The zero-order valence-corrected chi connectivity index (χ0v) is 14.9.